The molecule has 1 amide bonds. The third-order valence-corrected chi connectivity index (χ3v) is 2.38. The van der Waals surface area contributed by atoms with Gasteiger partial charge >= 0.3 is 6.09 Å². The summed E-state index contributed by atoms with van der Waals surface area (Å²) in [5, 5.41) is 2.85. The summed E-state index contributed by atoms with van der Waals surface area (Å²) >= 11 is 0. The Morgan fingerprint density at radius 3 is 2.50 bits per heavy atom. The van der Waals surface area contributed by atoms with Gasteiger partial charge in [0.25, 0.3) is 0 Å². The zero-order valence-electron chi connectivity index (χ0n) is 10.6. The lowest BCUT2D eigenvalue weighted by Crippen LogP contribution is -2.36. The molecular formula is C13H23NO2. The van der Waals surface area contributed by atoms with Gasteiger partial charge in [0.1, 0.15) is 0 Å². The molecule has 1 saturated carbocycles. The number of ether oxygens (including phenoxy) is 1. The van der Waals surface area contributed by atoms with Crippen molar-refractivity contribution in [2.24, 2.45) is 0 Å². The number of carbonyl (C=O) groups excluding carboxylic acids is 1. The van der Waals surface area contributed by atoms with Crippen LogP contribution in [0.1, 0.15) is 52.9 Å². The Morgan fingerprint density at radius 2 is 1.94 bits per heavy atom. The first kappa shape index (κ1) is 14.8. The standard InChI is InChI=1S/C11H17NO2.C2H6/c1-2-3-9-14-11(13)12-10-7-5-4-6-8-10;1-2/h10H,4-9H2,1H3,(H,12,13);1-2H3. The molecule has 0 aliphatic heterocycles. The molecule has 0 bridgehead atoms. The second-order valence-corrected chi connectivity index (χ2v) is 3.48. The highest BCUT2D eigenvalue weighted by atomic mass is 16.5. The number of carbonyl (C=O) groups is 1. The van der Waals surface area contributed by atoms with Crippen molar-refractivity contribution in [2.75, 3.05) is 6.61 Å². The van der Waals surface area contributed by atoms with Crippen molar-refractivity contribution in [1.29, 1.82) is 0 Å². The molecule has 0 spiro atoms. The molecule has 0 aromatic rings. The number of hydrogen-bond donors (Lipinski definition) is 1. The molecule has 0 saturated heterocycles. The van der Waals surface area contributed by atoms with Gasteiger partial charge in [0.05, 0.1) is 0 Å². The summed E-state index contributed by atoms with van der Waals surface area (Å²) in [6.45, 7) is 5.91. The number of alkyl carbamates (subject to hydrolysis) is 1. The van der Waals surface area contributed by atoms with Crippen molar-refractivity contribution in [2.45, 2.75) is 58.9 Å². The number of rotatable bonds is 2. The largest absolute Gasteiger partial charge is 0.436 e. The van der Waals surface area contributed by atoms with Crippen LogP contribution in [0, 0.1) is 11.8 Å². The van der Waals surface area contributed by atoms with Crippen LogP contribution in [0.3, 0.4) is 0 Å². The molecule has 1 rings (SSSR count). The predicted octanol–water partition coefficient (Wildman–Crippen LogP) is 3.09. The van der Waals surface area contributed by atoms with Crippen LogP contribution in [-0.2, 0) is 4.74 Å². The van der Waals surface area contributed by atoms with Crippen LogP contribution in [0.15, 0.2) is 0 Å². The molecule has 1 aliphatic carbocycles. The summed E-state index contributed by atoms with van der Waals surface area (Å²) in [5.74, 6) is 5.36. The molecule has 0 unspecified atom stereocenters. The number of amides is 1. The lowest BCUT2D eigenvalue weighted by Gasteiger charge is -2.21. The summed E-state index contributed by atoms with van der Waals surface area (Å²) in [6.07, 6.45) is 5.52. The highest BCUT2D eigenvalue weighted by Crippen LogP contribution is 2.17. The Morgan fingerprint density at radius 1 is 1.31 bits per heavy atom. The van der Waals surface area contributed by atoms with Gasteiger partial charge in [0.15, 0.2) is 6.61 Å². The van der Waals surface area contributed by atoms with Crippen LogP contribution >= 0.6 is 0 Å². The molecule has 0 aromatic heterocycles. The van der Waals surface area contributed by atoms with Crippen LogP contribution < -0.4 is 5.32 Å². The average molecular weight is 225 g/mol. The molecule has 0 atom stereocenters. The van der Waals surface area contributed by atoms with Gasteiger partial charge in [-0.15, -0.1) is 5.92 Å². The SMILES string of the molecule is CC.CC#CCOC(=O)NC1CCCCC1. The van der Waals surface area contributed by atoms with Gasteiger partial charge in [-0.2, -0.15) is 0 Å². The summed E-state index contributed by atoms with van der Waals surface area (Å²) in [7, 11) is 0. The zero-order chi connectivity index (χ0) is 12.2. The van der Waals surface area contributed by atoms with E-state index in [0.29, 0.717) is 6.04 Å². The van der Waals surface area contributed by atoms with Crippen LogP contribution in [0.4, 0.5) is 4.79 Å². The molecule has 1 fully saturated rings. The third kappa shape index (κ3) is 7.17. The van der Waals surface area contributed by atoms with E-state index in [9.17, 15) is 4.79 Å². The minimum absolute atomic E-state index is 0.190. The number of nitrogens with one attached hydrogen (secondary N) is 1. The van der Waals surface area contributed by atoms with E-state index in [-0.39, 0.29) is 12.7 Å². The fraction of sp³-hybridized carbons (Fsp3) is 0.769. The highest BCUT2D eigenvalue weighted by molar-refractivity contribution is 5.67. The first-order valence-electron chi connectivity index (χ1n) is 6.16. The molecule has 0 aromatic carbocycles. The van der Waals surface area contributed by atoms with Crippen molar-refractivity contribution in [1.82, 2.24) is 5.32 Å². The van der Waals surface area contributed by atoms with Crippen molar-refractivity contribution >= 4 is 6.09 Å². The Hall–Kier alpha value is -1.17. The average Bonchev–Trinajstić information content (AvgIpc) is 2.33. The Balaban J connectivity index is 0.00000106. The molecule has 16 heavy (non-hydrogen) atoms. The molecular weight excluding hydrogens is 202 g/mol. The van der Waals surface area contributed by atoms with Crippen molar-refractivity contribution < 1.29 is 9.53 Å². The minimum atomic E-state index is -0.334. The molecule has 92 valence electrons. The fourth-order valence-electron chi connectivity index (χ4n) is 1.63. The number of hydrogen-bond acceptors (Lipinski definition) is 2. The van der Waals surface area contributed by atoms with Gasteiger partial charge in [0.2, 0.25) is 0 Å². The maximum atomic E-state index is 11.2. The summed E-state index contributed by atoms with van der Waals surface area (Å²) < 4.78 is 4.86. The molecule has 0 radical (unpaired) electrons. The smallest absolute Gasteiger partial charge is 0.408 e. The predicted molar refractivity (Wildman–Crippen MR) is 66.2 cm³/mol. The van der Waals surface area contributed by atoms with Crippen LogP contribution in [0.5, 0.6) is 0 Å². The van der Waals surface area contributed by atoms with Gasteiger partial charge in [-0.1, -0.05) is 39.0 Å². The van der Waals surface area contributed by atoms with Crippen molar-refractivity contribution in [3.63, 3.8) is 0 Å². The van der Waals surface area contributed by atoms with Crippen molar-refractivity contribution in [3.8, 4) is 11.8 Å². The topological polar surface area (TPSA) is 38.3 Å². The maximum Gasteiger partial charge on any atom is 0.408 e. The third-order valence-electron chi connectivity index (χ3n) is 2.38. The van der Waals surface area contributed by atoms with E-state index in [1.54, 1.807) is 6.92 Å². The normalized spacial score (nSPS) is 14.9. The lowest BCUT2D eigenvalue weighted by molar-refractivity contribution is 0.152. The van der Waals surface area contributed by atoms with E-state index in [1.165, 1.54) is 19.3 Å². The molecule has 3 heteroatoms. The maximum absolute atomic E-state index is 11.2. The summed E-state index contributed by atoms with van der Waals surface area (Å²) in [4.78, 5) is 11.2. The van der Waals surface area contributed by atoms with Crippen LogP contribution in [-0.4, -0.2) is 18.7 Å². The Labute approximate surface area is 98.9 Å². The van der Waals surface area contributed by atoms with Gasteiger partial charge < -0.3 is 10.1 Å². The monoisotopic (exact) mass is 225 g/mol. The second-order valence-electron chi connectivity index (χ2n) is 3.48. The van der Waals surface area contributed by atoms with Gasteiger partial charge in [0, 0.05) is 6.04 Å². The quantitative estimate of drug-likeness (QED) is 0.733. The first-order chi connectivity index (χ1) is 7.83. The van der Waals surface area contributed by atoms with Gasteiger partial charge in [-0.3, -0.25) is 0 Å². The van der Waals surface area contributed by atoms with Crippen molar-refractivity contribution in [3.05, 3.63) is 0 Å². The zero-order valence-corrected chi connectivity index (χ0v) is 10.6. The summed E-state index contributed by atoms with van der Waals surface area (Å²) in [5.41, 5.74) is 0. The minimum Gasteiger partial charge on any atom is -0.436 e. The Bertz CT molecular complexity index is 234. The van der Waals surface area contributed by atoms with Gasteiger partial charge in [-0.05, 0) is 19.8 Å². The van der Waals surface area contributed by atoms with Gasteiger partial charge in [-0.25, -0.2) is 4.79 Å². The fourth-order valence-corrected chi connectivity index (χ4v) is 1.63. The van der Waals surface area contributed by atoms with E-state index < -0.39 is 0 Å². The highest BCUT2D eigenvalue weighted by Gasteiger charge is 2.15. The molecule has 0 heterocycles. The lowest BCUT2D eigenvalue weighted by atomic mass is 9.96. The van der Waals surface area contributed by atoms with E-state index in [2.05, 4.69) is 17.2 Å². The van der Waals surface area contributed by atoms with E-state index in [1.807, 2.05) is 13.8 Å². The molecule has 3 nitrogen and oxygen atoms in total. The van der Waals surface area contributed by atoms with E-state index in [0.717, 1.165) is 12.8 Å². The Kier molecular flexibility index (Phi) is 9.59. The van der Waals surface area contributed by atoms with E-state index in [4.69, 9.17) is 4.74 Å². The van der Waals surface area contributed by atoms with Crippen LogP contribution in [0.2, 0.25) is 0 Å². The molecule has 1 aliphatic rings. The van der Waals surface area contributed by atoms with Crippen LogP contribution in [0.25, 0.3) is 0 Å². The first-order valence-corrected chi connectivity index (χ1v) is 6.16. The molecule has 1 N–H and O–H groups in total. The van der Waals surface area contributed by atoms with E-state index >= 15 is 0 Å². The summed E-state index contributed by atoms with van der Waals surface area (Å²) in [6, 6.07) is 0.311. The second kappa shape index (κ2) is 10.4.